The average molecular weight is 252 g/mol. The summed E-state index contributed by atoms with van der Waals surface area (Å²) in [5.74, 6) is -0.538. The zero-order chi connectivity index (χ0) is 13.1. The van der Waals surface area contributed by atoms with Crippen molar-refractivity contribution in [3.05, 3.63) is 12.2 Å². The Labute approximate surface area is 110 Å². The molecule has 0 bridgehead atoms. The molecule has 0 aromatic heterocycles. The lowest BCUT2D eigenvalue weighted by Crippen LogP contribution is -2.10. The standard InChI is InChI=1S/C15H24O3/c16-14-11-9-7-5-3-1-2-4-6-8-10-12-18-15(17)13-14/h9,11H,1-8,10,12-13H2/b11-9+. The van der Waals surface area contributed by atoms with Gasteiger partial charge < -0.3 is 4.74 Å². The van der Waals surface area contributed by atoms with Crippen molar-refractivity contribution in [2.75, 3.05) is 6.61 Å². The van der Waals surface area contributed by atoms with E-state index in [1.54, 1.807) is 0 Å². The Hall–Kier alpha value is -1.12. The Morgan fingerprint density at radius 3 is 2.17 bits per heavy atom. The van der Waals surface area contributed by atoms with E-state index in [2.05, 4.69) is 0 Å². The fourth-order valence-corrected chi connectivity index (χ4v) is 2.08. The second kappa shape index (κ2) is 9.86. The number of ketones is 1. The largest absolute Gasteiger partial charge is 0.465 e. The first kappa shape index (κ1) is 14.9. The summed E-state index contributed by atoms with van der Waals surface area (Å²) < 4.78 is 5.02. The van der Waals surface area contributed by atoms with Crippen LogP contribution in [0, 0.1) is 0 Å². The smallest absolute Gasteiger partial charge is 0.313 e. The molecule has 0 aromatic carbocycles. The normalized spacial score (nSPS) is 23.3. The van der Waals surface area contributed by atoms with Crippen molar-refractivity contribution in [1.29, 1.82) is 0 Å². The highest BCUT2D eigenvalue weighted by Crippen LogP contribution is 2.10. The van der Waals surface area contributed by atoms with Crippen LogP contribution in [0.4, 0.5) is 0 Å². The van der Waals surface area contributed by atoms with Crippen LogP contribution < -0.4 is 0 Å². The molecule has 0 fully saturated rings. The Morgan fingerprint density at radius 2 is 1.44 bits per heavy atom. The monoisotopic (exact) mass is 252 g/mol. The van der Waals surface area contributed by atoms with E-state index in [0.717, 1.165) is 25.7 Å². The van der Waals surface area contributed by atoms with Gasteiger partial charge in [-0.3, -0.25) is 9.59 Å². The van der Waals surface area contributed by atoms with Crippen LogP contribution in [0.5, 0.6) is 0 Å². The molecule has 0 N–H and O–H groups in total. The topological polar surface area (TPSA) is 43.4 Å². The van der Waals surface area contributed by atoms with Gasteiger partial charge in [0.05, 0.1) is 6.61 Å². The summed E-state index contributed by atoms with van der Waals surface area (Å²) in [5.41, 5.74) is 0. The molecule has 1 heterocycles. The molecular weight excluding hydrogens is 228 g/mol. The summed E-state index contributed by atoms with van der Waals surface area (Å²) >= 11 is 0. The quantitative estimate of drug-likeness (QED) is 0.489. The fraction of sp³-hybridized carbons (Fsp3) is 0.733. The molecule has 0 spiro atoms. The van der Waals surface area contributed by atoms with Crippen LogP contribution in [0.2, 0.25) is 0 Å². The molecule has 0 radical (unpaired) electrons. The van der Waals surface area contributed by atoms with Gasteiger partial charge in [-0.25, -0.2) is 0 Å². The molecule has 18 heavy (non-hydrogen) atoms. The number of allylic oxidation sites excluding steroid dienone is 2. The highest BCUT2D eigenvalue weighted by atomic mass is 16.5. The van der Waals surface area contributed by atoms with E-state index < -0.39 is 5.97 Å². The van der Waals surface area contributed by atoms with E-state index in [9.17, 15) is 9.59 Å². The van der Waals surface area contributed by atoms with Crippen molar-refractivity contribution in [3.63, 3.8) is 0 Å². The van der Waals surface area contributed by atoms with Crippen LogP contribution in [0.25, 0.3) is 0 Å². The number of rotatable bonds is 0. The molecule has 3 nitrogen and oxygen atoms in total. The van der Waals surface area contributed by atoms with Crippen LogP contribution in [-0.4, -0.2) is 18.4 Å². The molecule has 102 valence electrons. The van der Waals surface area contributed by atoms with Crippen molar-refractivity contribution >= 4 is 11.8 Å². The number of carbonyl (C=O) groups is 2. The molecule has 3 heteroatoms. The van der Waals surface area contributed by atoms with Gasteiger partial charge in [-0.05, 0) is 25.3 Å². The van der Waals surface area contributed by atoms with E-state index in [-0.39, 0.29) is 12.2 Å². The molecule has 1 aliphatic rings. The van der Waals surface area contributed by atoms with Gasteiger partial charge in [0.2, 0.25) is 0 Å². The summed E-state index contributed by atoms with van der Waals surface area (Å²) in [6.07, 6.45) is 13.7. The van der Waals surface area contributed by atoms with Crippen LogP contribution in [0.3, 0.4) is 0 Å². The minimum Gasteiger partial charge on any atom is -0.465 e. The lowest BCUT2D eigenvalue weighted by molar-refractivity contribution is -0.145. The Morgan fingerprint density at radius 1 is 0.833 bits per heavy atom. The molecule has 0 atom stereocenters. The minimum absolute atomic E-state index is 0.115. The maximum absolute atomic E-state index is 11.4. The Bertz CT molecular complexity index is 281. The number of hydrogen-bond acceptors (Lipinski definition) is 3. The van der Waals surface area contributed by atoms with Crippen molar-refractivity contribution < 1.29 is 14.3 Å². The van der Waals surface area contributed by atoms with E-state index in [1.807, 2.05) is 6.08 Å². The number of hydrogen-bond donors (Lipinski definition) is 0. The molecule has 0 amide bonds. The van der Waals surface area contributed by atoms with Crippen molar-refractivity contribution in [1.82, 2.24) is 0 Å². The zero-order valence-corrected chi connectivity index (χ0v) is 11.2. The third-order valence-corrected chi connectivity index (χ3v) is 3.15. The maximum Gasteiger partial charge on any atom is 0.313 e. The van der Waals surface area contributed by atoms with Gasteiger partial charge in [-0.1, -0.05) is 44.6 Å². The first-order chi connectivity index (χ1) is 8.79. The lowest BCUT2D eigenvalue weighted by atomic mass is 10.1. The molecule has 0 unspecified atom stereocenters. The highest BCUT2D eigenvalue weighted by Gasteiger charge is 2.07. The molecule has 0 aliphatic carbocycles. The number of carbonyl (C=O) groups excluding carboxylic acids is 2. The van der Waals surface area contributed by atoms with Crippen LogP contribution >= 0.6 is 0 Å². The average Bonchev–Trinajstić information content (AvgIpc) is 2.33. The van der Waals surface area contributed by atoms with Crippen LogP contribution in [-0.2, 0) is 14.3 Å². The number of cyclic esters (lactones) is 1. The first-order valence-electron chi connectivity index (χ1n) is 7.14. The van der Waals surface area contributed by atoms with Gasteiger partial charge >= 0.3 is 5.97 Å². The summed E-state index contributed by atoms with van der Waals surface area (Å²) in [6.45, 7) is 0.454. The Balaban J connectivity index is 2.32. The van der Waals surface area contributed by atoms with E-state index in [1.165, 1.54) is 38.2 Å². The Kier molecular flexibility index (Phi) is 8.19. The van der Waals surface area contributed by atoms with Crippen molar-refractivity contribution in [2.45, 2.75) is 64.2 Å². The fourth-order valence-electron chi connectivity index (χ4n) is 2.08. The van der Waals surface area contributed by atoms with E-state index in [0.29, 0.717) is 6.61 Å². The third kappa shape index (κ3) is 8.04. The van der Waals surface area contributed by atoms with Gasteiger partial charge in [0, 0.05) is 0 Å². The van der Waals surface area contributed by atoms with Crippen LogP contribution in [0.1, 0.15) is 64.2 Å². The number of ether oxygens (including phenoxy) is 1. The molecular formula is C15H24O3. The van der Waals surface area contributed by atoms with Crippen LogP contribution in [0.15, 0.2) is 12.2 Å². The number of esters is 1. The predicted octanol–water partition coefficient (Wildman–Crippen LogP) is 3.57. The summed E-state index contributed by atoms with van der Waals surface area (Å²) in [7, 11) is 0. The molecule has 0 saturated carbocycles. The van der Waals surface area contributed by atoms with E-state index >= 15 is 0 Å². The van der Waals surface area contributed by atoms with Gasteiger partial charge in [0.25, 0.3) is 0 Å². The molecule has 1 aliphatic heterocycles. The van der Waals surface area contributed by atoms with Gasteiger partial charge in [-0.15, -0.1) is 0 Å². The summed E-state index contributed by atoms with van der Waals surface area (Å²) in [5, 5.41) is 0. The summed E-state index contributed by atoms with van der Waals surface area (Å²) in [6, 6.07) is 0. The van der Waals surface area contributed by atoms with Gasteiger partial charge in [0.1, 0.15) is 6.42 Å². The molecule has 0 aromatic rings. The van der Waals surface area contributed by atoms with Crippen molar-refractivity contribution in [2.24, 2.45) is 0 Å². The minimum atomic E-state index is -0.392. The first-order valence-corrected chi connectivity index (χ1v) is 7.14. The SMILES string of the molecule is O=C1/C=C/CCCCCCCCCCOC(=O)C1. The van der Waals surface area contributed by atoms with Crippen molar-refractivity contribution in [3.8, 4) is 0 Å². The van der Waals surface area contributed by atoms with E-state index in [4.69, 9.17) is 4.74 Å². The third-order valence-electron chi connectivity index (χ3n) is 3.15. The maximum atomic E-state index is 11.4. The second-order valence-corrected chi connectivity index (χ2v) is 4.88. The zero-order valence-electron chi connectivity index (χ0n) is 11.2. The lowest BCUT2D eigenvalue weighted by Gasteiger charge is -2.05. The van der Waals surface area contributed by atoms with Gasteiger partial charge in [-0.2, -0.15) is 0 Å². The van der Waals surface area contributed by atoms with Gasteiger partial charge in [0.15, 0.2) is 5.78 Å². The molecule has 0 saturated heterocycles. The highest BCUT2D eigenvalue weighted by molar-refractivity contribution is 6.01. The second-order valence-electron chi connectivity index (χ2n) is 4.88. The molecule has 1 rings (SSSR count). The summed E-state index contributed by atoms with van der Waals surface area (Å²) in [4.78, 5) is 22.7. The predicted molar refractivity (Wildman–Crippen MR) is 71.3 cm³/mol.